The van der Waals surface area contributed by atoms with E-state index < -0.39 is 24.3 Å². The molecule has 0 aliphatic carbocycles. The summed E-state index contributed by atoms with van der Waals surface area (Å²) in [6.45, 7) is 3.46. The van der Waals surface area contributed by atoms with Gasteiger partial charge in [-0.1, -0.05) is 6.08 Å². The smallest absolute Gasteiger partial charge is 0.333 e. The van der Waals surface area contributed by atoms with Gasteiger partial charge in [-0.15, -0.1) is 0 Å². The van der Waals surface area contributed by atoms with Crippen LogP contribution in [0.1, 0.15) is 26.7 Å². The molecule has 2 aliphatic heterocycles. The lowest BCUT2D eigenvalue weighted by Crippen LogP contribution is -2.45. The third-order valence-corrected chi connectivity index (χ3v) is 4.18. The lowest BCUT2D eigenvalue weighted by atomic mass is 10.0. The highest BCUT2D eigenvalue weighted by Crippen LogP contribution is 2.36. The van der Waals surface area contributed by atoms with E-state index in [1.54, 1.807) is 19.9 Å². The van der Waals surface area contributed by atoms with Gasteiger partial charge in [0.1, 0.15) is 12.2 Å². The molecule has 5 heteroatoms. The Morgan fingerprint density at radius 3 is 2.56 bits per heavy atom. The van der Waals surface area contributed by atoms with E-state index in [4.69, 9.17) is 4.74 Å². The van der Waals surface area contributed by atoms with Gasteiger partial charge in [-0.3, -0.25) is 4.90 Å². The standard InChI is InChI=1S/C13H21NO4/c1-4-7(2)13(17)18-12-10-6-8(15)5-9(11(12)16)14(10)3/h4,8-12,15-16H,5-6H2,1-3H3/b7-4+/t8-,9-,10+,11-,12+/m0/s1. The number of hydrogen-bond donors (Lipinski definition) is 2. The monoisotopic (exact) mass is 255 g/mol. The van der Waals surface area contributed by atoms with Crippen molar-refractivity contribution in [2.45, 2.75) is 57.1 Å². The van der Waals surface area contributed by atoms with E-state index >= 15 is 0 Å². The van der Waals surface area contributed by atoms with Crippen LogP contribution in [0.25, 0.3) is 0 Å². The van der Waals surface area contributed by atoms with Crippen LogP contribution in [0.5, 0.6) is 0 Å². The maximum absolute atomic E-state index is 11.8. The highest BCUT2D eigenvalue weighted by molar-refractivity contribution is 5.87. The van der Waals surface area contributed by atoms with E-state index in [1.165, 1.54) is 0 Å². The van der Waals surface area contributed by atoms with Crippen molar-refractivity contribution in [2.24, 2.45) is 0 Å². The van der Waals surface area contributed by atoms with E-state index in [-0.39, 0.29) is 12.1 Å². The second-order valence-electron chi connectivity index (χ2n) is 5.26. The zero-order valence-corrected chi connectivity index (χ0v) is 11.0. The summed E-state index contributed by atoms with van der Waals surface area (Å²) >= 11 is 0. The molecule has 0 aromatic carbocycles. The Hall–Kier alpha value is -0.910. The van der Waals surface area contributed by atoms with Crippen molar-refractivity contribution in [2.75, 3.05) is 7.05 Å². The summed E-state index contributed by atoms with van der Waals surface area (Å²) in [5, 5.41) is 19.9. The van der Waals surface area contributed by atoms with E-state index in [0.29, 0.717) is 18.4 Å². The molecule has 2 aliphatic rings. The zero-order chi connectivity index (χ0) is 13.4. The molecular formula is C13H21NO4. The van der Waals surface area contributed by atoms with Gasteiger partial charge in [-0.25, -0.2) is 4.79 Å². The van der Waals surface area contributed by atoms with Crippen molar-refractivity contribution >= 4 is 5.97 Å². The topological polar surface area (TPSA) is 70.0 Å². The van der Waals surface area contributed by atoms with Crippen LogP contribution in [-0.4, -0.2) is 58.5 Å². The number of esters is 1. The number of allylic oxidation sites excluding steroid dienone is 1. The summed E-state index contributed by atoms with van der Waals surface area (Å²) in [6, 6.07) is -0.218. The zero-order valence-electron chi connectivity index (χ0n) is 11.0. The Morgan fingerprint density at radius 2 is 1.94 bits per heavy atom. The predicted molar refractivity (Wildman–Crippen MR) is 65.9 cm³/mol. The van der Waals surface area contributed by atoms with Crippen LogP contribution >= 0.6 is 0 Å². The Morgan fingerprint density at radius 1 is 1.33 bits per heavy atom. The number of hydrogen-bond acceptors (Lipinski definition) is 5. The second-order valence-corrected chi connectivity index (χ2v) is 5.26. The lowest BCUT2D eigenvalue weighted by molar-refractivity contribution is -0.149. The number of piperidine rings is 1. The Labute approximate surface area is 107 Å². The molecule has 0 radical (unpaired) electrons. The fraction of sp³-hybridized carbons (Fsp3) is 0.769. The number of carbonyl (C=O) groups is 1. The Kier molecular flexibility index (Phi) is 3.75. The molecule has 0 saturated carbocycles. The first-order valence-corrected chi connectivity index (χ1v) is 6.37. The highest BCUT2D eigenvalue weighted by atomic mass is 16.6. The molecule has 2 bridgehead atoms. The molecule has 2 saturated heterocycles. The van der Waals surface area contributed by atoms with Crippen LogP contribution in [0.15, 0.2) is 11.6 Å². The van der Waals surface area contributed by atoms with Crippen molar-refractivity contribution in [3.8, 4) is 0 Å². The van der Waals surface area contributed by atoms with Crippen molar-refractivity contribution < 1.29 is 19.7 Å². The summed E-state index contributed by atoms with van der Waals surface area (Å²) in [4.78, 5) is 13.8. The van der Waals surface area contributed by atoms with Crippen LogP contribution in [0.3, 0.4) is 0 Å². The minimum Gasteiger partial charge on any atom is -0.455 e. The van der Waals surface area contributed by atoms with Crippen molar-refractivity contribution in [3.63, 3.8) is 0 Å². The van der Waals surface area contributed by atoms with Gasteiger partial charge < -0.3 is 14.9 Å². The van der Waals surface area contributed by atoms with Crippen LogP contribution in [0.4, 0.5) is 0 Å². The molecule has 2 rings (SSSR count). The summed E-state index contributed by atoms with van der Waals surface area (Å²) < 4.78 is 5.40. The average Bonchev–Trinajstić information content (AvgIpc) is 2.49. The number of likely N-dealkylation sites (N-methyl/N-ethyl adjacent to an activating group) is 1. The van der Waals surface area contributed by atoms with Crippen LogP contribution in [0.2, 0.25) is 0 Å². The van der Waals surface area contributed by atoms with Crippen molar-refractivity contribution in [3.05, 3.63) is 11.6 Å². The number of nitrogens with zero attached hydrogens (tertiary/aromatic N) is 1. The van der Waals surface area contributed by atoms with Crippen molar-refractivity contribution in [1.29, 1.82) is 0 Å². The Balaban J connectivity index is 2.12. The molecule has 0 spiro atoms. The third kappa shape index (κ3) is 2.18. The molecule has 0 unspecified atom stereocenters. The third-order valence-electron chi connectivity index (χ3n) is 4.18. The van der Waals surface area contributed by atoms with Gasteiger partial charge in [0.15, 0.2) is 0 Å². The lowest BCUT2D eigenvalue weighted by Gasteiger charge is -2.34. The maximum atomic E-state index is 11.8. The molecule has 2 heterocycles. The van der Waals surface area contributed by atoms with Gasteiger partial charge in [0.05, 0.1) is 12.1 Å². The van der Waals surface area contributed by atoms with Crippen LogP contribution in [0, 0.1) is 0 Å². The number of aliphatic hydroxyl groups excluding tert-OH is 2. The molecule has 2 fully saturated rings. The molecule has 0 aromatic rings. The largest absolute Gasteiger partial charge is 0.455 e. The van der Waals surface area contributed by atoms with Gasteiger partial charge in [0, 0.05) is 11.6 Å². The highest BCUT2D eigenvalue weighted by Gasteiger charge is 2.52. The molecule has 0 aromatic heterocycles. The van der Waals surface area contributed by atoms with E-state index in [9.17, 15) is 15.0 Å². The van der Waals surface area contributed by atoms with Gasteiger partial charge in [0.25, 0.3) is 0 Å². The van der Waals surface area contributed by atoms with E-state index in [1.807, 2.05) is 11.9 Å². The summed E-state index contributed by atoms with van der Waals surface area (Å²) in [6.07, 6.45) is 1.08. The molecule has 0 amide bonds. The van der Waals surface area contributed by atoms with Gasteiger partial charge in [-0.05, 0) is 33.7 Å². The second kappa shape index (κ2) is 4.99. The first-order valence-electron chi connectivity index (χ1n) is 6.37. The first-order chi connectivity index (χ1) is 8.45. The molecule has 5 atom stereocenters. The van der Waals surface area contributed by atoms with Crippen LogP contribution in [-0.2, 0) is 9.53 Å². The predicted octanol–water partition coefficient (Wildman–Crippen LogP) is 0.0626. The fourth-order valence-corrected chi connectivity index (χ4v) is 2.91. The number of fused-ring (bicyclic) bond motifs is 2. The normalized spacial score (nSPS) is 40.9. The number of rotatable bonds is 2. The molecule has 18 heavy (non-hydrogen) atoms. The summed E-state index contributed by atoms with van der Waals surface area (Å²) in [7, 11) is 1.90. The van der Waals surface area contributed by atoms with Gasteiger partial charge in [-0.2, -0.15) is 0 Å². The number of carbonyl (C=O) groups excluding carboxylic acids is 1. The molecule has 5 nitrogen and oxygen atoms in total. The number of aliphatic hydroxyl groups is 2. The minimum atomic E-state index is -0.717. The van der Waals surface area contributed by atoms with Crippen molar-refractivity contribution in [1.82, 2.24) is 4.90 Å². The van der Waals surface area contributed by atoms with E-state index in [0.717, 1.165) is 0 Å². The van der Waals surface area contributed by atoms with Gasteiger partial charge in [0.2, 0.25) is 0 Å². The molecular weight excluding hydrogens is 234 g/mol. The molecule has 2 N–H and O–H groups in total. The quantitative estimate of drug-likeness (QED) is 0.539. The molecule has 102 valence electrons. The van der Waals surface area contributed by atoms with E-state index in [2.05, 4.69) is 0 Å². The SMILES string of the molecule is C/C=C(\C)C(=O)O[C@H]1[C@@H](O)[C@@H]2C[C@H](O)C[C@H]1N2C. The summed E-state index contributed by atoms with van der Waals surface area (Å²) in [5.41, 5.74) is 0.534. The average molecular weight is 255 g/mol. The van der Waals surface area contributed by atoms with Crippen LogP contribution < -0.4 is 0 Å². The van der Waals surface area contributed by atoms with Gasteiger partial charge >= 0.3 is 5.97 Å². The maximum Gasteiger partial charge on any atom is 0.333 e. The summed E-state index contributed by atoms with van der Waals surface area (Å²) in [5.74, 6) is -0.392. The Bertz CT molecular complexity index is 368. The number of ether oxygens (including phenoxy) is 1. The fourth-order valence-electron chi connectivity index (χ4n) is 2.91. The minimum absolute atomic E-state index is 0.0950. The first kappa shape index (κ1) is 13.5.